The Bertz CT molecular complexity index is 558. The van der Waals surface area contributed by atoms with Crippen molar-refractivity contribution in [3.05, 3.63) is 34.7 Å². The van der Waals surface area contributed by atoms with E-state index in [0.29, 0.717) is 0 Å². The van der Waals surface area contributed by atoms with Gasteiger partial charge in [-0.25, -0.2) is 0 Å². The third kappa shape index (κ3) is 2.19. The molecule has 94 valence electrons. The number of morpholine rings is 1. The molecule has 0 radical (unpaired) electrons. The molecule has 0 unspecified atom stereocenters. The van der Waals surface area contributed by atoms with Crippen molar-refractivity contribution in [3.63, 3.8) is 0 Å². The molecule has 18 heavy (non-hydrogen) atoms. The zero-order valence-corrected chi connectivity index (χ0v) is 10.9. The summed E-state index contributed by atoms with van der Waals surface area (Å²) in [6.45, 7) is 4.32. The molecule has 1 fully saturated rings. The smallest absolute Gasteiger partial charge is 0.160 e. The largest absolute Gasteiger partial charge is 0.379 e. The minimum absolute atomic E-state index is 0.790. The van der Waals surface area contributed by atoms with Crippen molar-refractivity contribution >= 4 is 27.7 Å². The summed E-state index contributed by atoms with van der Waals surface area (Å²) in [5.74, 6) is 0. The van der Waals surface area contributed by atoms with Crippen LogP contribution in [0.15, 0.2) is 24.3 Å². The van der Waals surface area contributed by atoms with Crippen molar-refractivity contribution in [2.24, 2.45) is 0 Å². The number of nitrogens with zero attached hydrogens (tertiary/aromatic N) is 1. The van der Waals surface area contributed by atoms with E-state index in [1.165, 1.54) is 15.6 Å². The fourth-order valence-electron chi connectivity index (χ4n) is 2.36. The van der Waals surface area contributed by atoms with Gasteiger partial charge in [0.2, 0.25) is 0 Å². The van der Waals surface area contributed by atoms with E-state index in [0.717, 1.165) is 44.0 Å². The van der Waals surface area contributed by atoms with Crippen LogP contribution in [0.1, 0.15) is 15.2 Å². The molecule has 3 rings (SSSR count). The summed E-state index contributed by atoms with van der Waals surface area (Å²) >= 11 is 1.59. The highest BCUT2D eigenvalue weighted by atomic mass is 32.1. The van der Waals surface area contributed by atoms with Gasteiger partial charge in [-0.15, -0.1) is 11.3 Å². The number of fused-ring (bicyclic) bond motifs is 1. The molecule has 0 amide bonds. The lowest BCUT2D eigenvalue weighted by molar-refractivity contribution is 0.0343. The molecule has 1 aliphatic heterocycles. The first kappa shape index (κ1) is 11.8. The molecule has 0 atom stereocenters. The van der Waals surface area contributed by atoms with Gasteiger partial charge in [0.15, 0.2) is 6.29 Å². The van der Waals surface area contributed by atoms with E-state index < -0.39 is 0 Å². The van der Waals surface area contributed by atoms with Crippen LogP contribution in [-0.4, -0.2) is 37.5 Å². The molecule has 0 saturated carbocycles. The second kappa shape index (κ2) is 5.18. The maximum Gasteiger partial charge on any atom is 0.160 e. The molecule has 2 heterocycles. The topological polar surface area (TPSA) is 29.5 Å². The Morgan fingerprint density at radius 1 is 1.28 bits per heavy atom. The Labute approximate surface area is 110 Å². The molecule has 0 aliphatic carbocycles. The zero-order chi connectivity index (χ0) is 12.4. The van der Waals surface area contributed by atoms with E-state index in [2.05, 4.69) is 17.0 Å². The standard InChI is InChI=1S/C14H15NO2S/c16-10-14-12(9-15-5-7-17-8-6-15)11-3-1-2-4-13(11)18-14/h1-4,10H,5-9H2. The van der Waals surface area contributed by atoms with Crippen LogP contribution >= 0.6 is 11.3 Å². The number of thiophene rings is 1. The van der Waals surface area contributed by atoms with E-state index in [9.17, 15) is 4.79 Å². The average Bonchev–Trinajstić information content (AvgIpc) is 2.78. The van der Waals surface area contributed by atoms with Gasteiger partial charge in [-0.05, 0) is 17.0 Å². The lowest BCUT2D eigenvalue weighted by Crippen LogP contribution is -2.35. The number of rotatable bonds is 3. The highest BCUT2D eigenvalue weighted by molar-refractivity contribution is 7.20. The summed E-state index contributed by atoms with van der Waals surface area (Å²) in [5, 5.41) is 1.22. The minimum Gasteiger partial charge on any atom is -0.379 e. The monoisotopic (exact) mass is 261 g/mol. The van der Waals surface area contributed by atoms with Crippen molar-refractivity contribution < 1.29 is 9.53 Å². The lowest BCUT2D eigenvalue weighted by Gasteiger charge is -2.26. The maximum atomic E-state index is 11.2. The Morgan fingerprint density at radius 3 is 2.83 bits per heavy atom. The summed E-state index contributed by atoms with van der Waals surface area (Å²) in [5.41, 5.74) is 1.17. The molecular weight excluding hydrogens is 246 g/mol. The Hall–Kier alpha value is -1.23. The van der Waals surface area contributed by atoms with Crippen molar-refractivity contribution in [2.45, 2.75) is 6.54 Å². The van der Waals surface area contributed by atoms with Gasteiger partial charge in [0, 0.05) is 24.3 Å². The van der Waals surface area contributed by atoms with Crippen molar-refractivity contribution in [1.29, 1.82) is 0 Å². The minimum atomic E-state index is 0.790. The molecule has 4 heteroatoms. The van der Waals surface area contributed by atoms with Gasteiger partial charge in [0.1, 0.15) is 0 Å². The first-order valence-corrected chi connectivity index (χ1v) is 6.96. The number of carbonyl (C=O) groups excluding carboxylic acids is 1. The highest BCUT2D eigenvalue weighted by Crippen LogP contribution is 2.31. The predicted octanol–water partition coefficient (Wildman–Crippen LogP) is 2.55. The summed E-state index contributed by atoms with van der Waals surface area (Å²) in [7, 11) is 0. The van der Waals surface area contributed by atoms with Crippen molar-refractivity contribution in [3.8, 4) is 0 Å². The third-order valence-corrected chi connectivity index (χ3v) is 4.46. The fourth-order valence-corrected chi connectivity index (χ4v) is 3.39. The predicted molar refractivity (Wildman–Crippen MR) is 73.3 cm³/mol. The molecule has 1 aromatic carbocycles. The van der Waals surface area contributed by atoms with Gasteiger partial charge in [0.05, 0.1) is 18.1 Å². The molecule has 0 spiro atoms. The van der Waals surface area contributed by atoms with Crippen molar-refractivity contribution in [1.82, 2.24) is 4.90 Å². The number of ether oxygens (including phenoxy) is 1. The molecule has 0 bridgehead atoms. The second-order valence-corrected chi connectivity index (χ2v) is 5.53. The van der Waals surface area contributed by atoms with Crippen LogP contribution < -0.4 is 0 Å². The quantitative estimate of drug-likeness (QED) is 0.795. The molecule has 2 aromatic rings. The molecule has 0 N–H and O–H groups in total. The van der Waals surface area contributed by atoms with Gasteiger partial charge in [-0.3, -0.25) is 9.69 Å². The molecule has 3 nitrogen and oxygen atoms in total. The molecule has 1 aromatic heterocycles. The van der Waals surface area contributed by atoms with Crippen LogP contribution in [-0.2, 0) is 11.3 Å². The summed E-state index contributed by atoms with van der Waals surface area (Å²) in [6.07, 6.45) is 0.987. The Kier molecular flexibility index (Phi) is 3.41. The second-order valence-electron chi connectivity index (χ2n) is 4.45. The number of benzene rings is 1. The normalized spacial score (nSPS) is 17.1. The van der Waals surface area contributed by atoms with Crippen LogP contribution in [0.3, 0.4) is 0 Å². The van der Waals surface area contributed by atoms with Crippen LogP contribution in [0.2, 0.25) is 0 Å². The first-order chi connectivity index (χ1) is 8.88. The average molecular weight is 261 g/mol. The van der Waals surface area contributed by atoms with E-state index in [1.807, 2.05) is 12.1 Å². The number of hydrogen-bond acceptors (Lipinski definition) is 4. The van der Waals surface area contributed by atoms with E-state index in [1.54, 1.807) is 11.3 Å². The van der Waals surface area contributed by atoms with Gasteiger partial charge < -0.3 is 4.74 Å². The first-order valence-electron chi connectivity index (χ1n) is 6.14. The van der Waals surface area contributed by atoms with Crippen LogP contribution in [0.5, 0.6) is 0 Å². The zero-order valence-electron chi connectivity index (χ0n) is 10.1. The summed E-state index contributed by atoms with van der Waals surface area (Å²) in [6, 6.07) is 8.24. The van der Waals surface area contributed by atoms with E-state index in [4.69, 9.17) is 4.74 Å². The van der Waals surface area contributed by atoms with Gasteiger partial charge in [-0.1, -0.05) is 18.2 Å². The third-order valence-electron chi connectivity index (χ3n) is 3.32. The summed E-state index contributed by atoms with van der Waals surface area (Å²) in [4.78, 5) is 14.4. The number of hydrogen-bond donors (Lipinski definition) is 0. The van der Waals surface area contributed by atoms with Gasteiger partial charge >= 0.3 is 0 Å². The van der Waals surface area contributed by atoms with E-state index >= 15 is 0 Å². The Balaban J connectivity index is 1.95. The van der Waals surface area contributed by atoms with Gasteiger partial charge in [-0.2, -0.15) is 0 Å². The maximum absolute atomic E-state index is 11.2. The Morgan fingerprint density at radius 2 is 2.06 bits per heavy atom. The summed E-state index contributed by atoms with van der Waals surface area (Å²) < 4.78 is 6.55. The van der Waals surface area contributed by atoms with E-state index in [-0.39, 0.29) is 0 Å². The lowest BCUT2D eigenvalue weighted by atomic mass is 10.1. The van der Waals surface area contributed by atoms with Crippen LogP contribution in [0.4, 0.5) is 0 Å². The molecular formula is C14H15NO2S. The highest BCUT2D eigenvalue weighted by Gasteiger charge is 2.16. The molecule has 1 aliphatic rings. The molecule has 1 saturated heterocycles. The fraction of sp³-hybridized carbons (Fsp3) is 0.357. The van der Waals surface area contributed by atoms with Crippen LogP contribution in [0.25, 0.3) is 10.1 Å². The van der Waals surface area contributed by atoms with Crippen molar-refractivity contribution in [2.75, 3.05) is 26.3 Å². The SMILES string of the molecule is O=Cc1sc2ccccc2c1CN1CCOCC1. The van der Waals surface area contributed by atoms with Crippen LogP contribution in [0, 0.1) is 0 Å². The number of carbonyl (C=O) groups is 1. The van der Waals surface area contributed by atoms with Gasteiger partial charge in [0.25, 0.3) is 0 Å². The number of aldehydes is 1.